The van der Waals surface area contributed by atoms with E-state index in [0.717, 1.165) is 0 Å². The molecule has 0 heteroatoms. The van der Waals surface area contributed by atoms with Crippen LogP contribution in [-0.4, -0.2) is 0 Å². The van der Waals surface area contributed by atoms with Gasteiger partial charge < -0.3 is 0 Å². The molecule has 0 aromatic rings. The Kier molecular flexibility index (Phi) is 3.85. The third kappa shape index (κ3) is 3.60. The molecular weight excluding hydrogens is 132 g/mol. The van der Waals surface area contributed by atoms with Crippen LogP contribution in [-0.2, 0) is 0 Å². The van der Waals surface area contributed by atoms with Crippen LogP contribution in [0, 0.1) is 11.3 Å². The van der Waals surface area contributed by atoms with Crippen molar-refractivity contribution in [1.29, 1.82) is 0 Å². The Bertz CT molecular complexity index is 136. The van der Waals surface area contributed by atoms with E-state index in [-0.39, 0.29) is 0 Å². The topological polar surface area (TPSA) is 0 Å². The molecule has 0 fully saturated rings. The van der Waals surface area contributed by atoms with Crippen LogP contribution >= 0.6 is 0 Å². The van der Waals surface area contributed by atoms with Gasteiger partial charge >= 0.3 is 0 Å². The fraction of sp³-hybridized carbons (Fsp3) is 0.818. The summed E-state index contributed by atoms with van der Waals surface area (Å²) < 4.78 is 0. The first-order chi connectivity index (χ1) is 4.90. The first-order valence-corrected chi connectivity index (χ1v) is 4.55. The molecule has 0 spiro atoms. The Hall–Kier alpha value is -0.260. The lowest BCUT2D eigenvalue weighted by atomic mass is 9.77. The van der Waals surface area contributed by atoms with E-state index in [0.29, 0.717) is 11.3 Å². The second-order valence-corrected chi connectivity index (χ2v) is 4.37. The standard InChI is InChI=1S/C11H22/c1-7-11(5,6)10(4)8-9(2)3/h8,10H,7H2,1-6H3. The lowest BCUT2D eigenvalue weighted by Gasteiger charge is -2.28. The zero-order valence-electron chi connectivity index (χ0n) is 8.86. The highest BCUT2D eigenvalue weighted by Gasteiger charge is 2.21. The van der Waals surface area contributed by atoms with Gasteiger partial charge in [-0.2, -0.15) is 0 Å². The monoisotopic (exact) mass is 154 g/mol. The third-order valence-corrected chi connectivity index (χ3v) is 2.73. The summed E-state index contributed by atoms with van der Waals surface area (Å²) in [5, 5.41) is 0. The maximum Gasteiger partial charge on any atom is -0.0208 e. The van der Waals surface area contributed by atoms with Gasteiger partial charge in [-0.05, 0) is 25.2 Å². The summed E-state index contributed by atoms with van der Waals surface area (Å²) >= 11 is 0. The molecule has 0 aromatic carbocycles. The molecule has 0 aliphatic carbocycles. The van der Waals surface area contributed by atoms with Gasteiger partial charge in [-0.3, -0.25) is 0 Å². The van der Waals surface area contributed by atoms with Crippen molar-refractivity contribution in [2.24, 2.45) is 11.3 Å². The average Bonchev–Trinajstić information content (AvgIpc) is 1.86. The van der Waals surface area contributed by atoms with Crippen LogP contribution < -0.4 is 0 Å². The maximum absolute atomic E-state index is 2.36. The number of rotatable bonds is 3. The number of allylic oxidation sites excluding steroid dienone is 2. The van der Waals surface area contributed by atoms with Gasteiger partial charge in [-0.1, -0.05) is 45.8 Å². The summed E-state index contributed by atoms with van der Waals surface area (Å²) in [5.74, 6) is 0.692. The van der Waals surface area contributed by atoms with Crippen molar-refractivity contribution in [1.82, 2.24) is 0 Å². The van der Waals surface area contributed by atoms with Crippen molar-refractivity contribution in [3.63, 3.8) is 0 Å². The summed E-state index contributed by atoms with van der Waals surface area (Å²) in [6.07, 6.45) is 3.61. The summed E-state index contributed by atoms with van der Waals surface area (Å²) in [7, 11) is 0. The molecule has 0 rings (SSSR count). The minimum Gasteiger partial charge on any atom is -0.0825 e. The van der Waals surface area contributed by atoms with E-state index in [1.807, 2.05) is 0 Å². The van der Waals surface area contributed by atoms with E-state index in [4.69, 9.17) is 0 Å². The van der Waals surface area contributed by atoms with Gasteiger partial charge in [0.15, 0.2) is 0 Å². The molecular formula is C11H22. The van der Waals surface area contributed by atoms with Crippen molar-refractivity contribution in [2.45, 2.75) is 48.0 Å². The van der Waals surface area contributed by atoms with Gasteiger partial charge in [0.2, 0.25) is 0 Å². The highest BCUT2D eigenvalue weighted by atomic mass is 14.3. The molecule has 0 amide bonds. The number of hydrogen-bond acceptors (Lipinski definition) is 0. The second-order valence-electron chi connectivity index (χ2n) is 4.37. The van der Waals surface area contributed by atoms with Crippen LogP contribution in [0.5, 0.6) is 0 Å². The van der Waals surface area contributed by atoms with E-state index >= 15 is 0 Å². The summed E-state index contributed by atoms with van der Waals surface area (Å²) in [6, 6.07) is 0. The minimum absolute atomic E-state index is 0.456. The fourth-order valence-corrected chi connectivity index (χ4v) is 1.05. The summed E-state index contributed by atoms with van der Waals surface area (Å²) in [6.45, 7) is 13.6. The lowest BCUT2D eigenvalue weighted by Crippen LogP contribution is -2.18. The van der Waals surface area contributed by atoms with Gasteiger partial charge in [0.25, 0.3) is 0 Å². The molecule has 0 aliphatic rings. The Balaban J connectivity index is 4.24. The molecule has 11 heavy (non-hydrogen) atoms. The molecule has 0 heterocycles. The van der Waals surface area contributed by atoms with E-state index in [1.165, 1.54) is 12.0 Å². The van der Waals surface area contributed by atoms with Gasteiger partial charge in [0, 0.05) is 0 Å². The smallest absolute Gasteiger partial charge is 0.0208 e. The highest BCUT2D eigenvalue weighted by molar-refractivity contribution is 4.99. The van der Waals surface area contributed by atoms with Crippen molar-refractivity contribution in [2.75, 3.05) is 0 Å². The first kappa shape index (κ1) is 10.7. The molecule has 1 unspecified atom stereocenters. The molecule has 0 saturated carbocycles. The largest absolute Gasteiger partial charge is 0.0825 e. The Morgan fingerprint density at radius 2 is 1.82 bits per heavy atom. The van der Waals surface area contributed by atoms with Crippen molar-refractivity contribution in [3.05, 3.63) is 11.6 Å². The predicted molar refractivity (Wildman–Crippen MR) is 52.7 cm³/mol. The van der Waals surface area contributed by atoms with Crippen LogP contribution in [0.1, 0.15) is 48.0 Å². The summed E-state index contributed by atoms with van der Waals surface area (Å²) in [4.78, 5) is 0. The van der Waals surface area contributed by atoms with Crippen LogP contribution in [0.4, 0.5) is 0 Å². The van der Waals surface area contributed by atoms with Crippen molar-refractivity contribution >= 4 is 0 Å². The SMILES string of the molecule is CCC(C)(C)C(C)C=C(C)C. The fourth-order valence-electron chi connectivity index (χ4n) is 1.05. The normalized spacial score (nSPS) is 14.4. The van der Waals surface area contributed by atoms with Crippen molar-refractivity contribution < 1.29 is 0 Å². The highest BCUT2D eigenvalue weighted by Crippen LogP contribution is 2.31. The van der Waals surface area contributed by atoms with Crippen LogP contribution in [0.25, 0.3) is 0 Å². The Morgan fingerprint density at radius 3 is 2.09 bits per heavy atom. The van der Waals surface area contributed by atoms with E-state index in [9.17, 15) is 0 Å². The predicted octanol–water partition coefficient (Wildman–Crippen LogP) is 4.02. The van der Waals surface area contributed by atoms with E-state index in [2.05, 4.69) is 47.6 Å². The van der Waals surface area contributed by atoms with Gasteiger partial charge in [-0.15, -0.1) is 0 Å². The molecule has 0 N–H and O–H groups in total. The molecule has 1 atom stereocenters. The van der Waals surface area contributed by atoms with E-state index in [1.54, 1.807) is 0 Å². The lowest BCUT2D eigenvalue weighted by molar-refractivity contribution is 0.265. The van der Waals surface area contributed by atoms with Gasteiger partial charge in [-0.25, -0.2) is 0 Å². The molecule has 0 radical (unpaired) electrons. The molecule has 0 bridgehead atoms. The third-order valence-electron chi connectivity index (χ3n) is 2.73. The Labute approximate surface area is 71.7 Å². The molecule has 0 aromatic heterocycles. The summed E-state index contributed by atoms with van der Waals surface area (Å²) in [5.41, 5.74) is 1.89. The molecule has 0 saturated heterocycles. The average molecular weight is 154 g/mol. The van der Waals surface area contributed by atoms with Gasteiger partial charge in [0.1, 0.15) is 0 Å². The maximum atomic E-state index is 2.36. The minimum atomic E-state index is 0.456. The molecule has 66 valence electrons. The quantitative estimate of drug-likeness (QED) is 0.538. The second kappa shape index (κ2) is 3.94. The van der Waals surface area contributed by atoms with Crippen LogP contribution in [0.2, 0.25) is 0 Å². The zero-order chi connectivity index (χ0) is 9.07. The number of hydrogen-bond donors (Lipinski definition) is 0. The van der Waals surface area contributed by atoms with Crippen LogP contribution in [0.15, 0.2) is 11.6 Å². The van der Waals surface area contributed by atoms with Crippen LogP contribution in [0.3, 0.4) is 0 Å². The van der Waals surface area contributed by atoms with E-state index < -0.39 is 0 Å². The van der Waals surface area contributed by atoms with Gasteiger partial charge in [0.05, 0.1) is 0 Å². The zero-order valence-corrected chi connectivity index (χ0v) is 8.86. The molecule has 0 nitrogen and oxygen atoms in total. The molecule has 0 aliphatic heterocycles. The van der Waals surface area contributed by atoms with Crippen molar-refractivity contribution in [3.8, 4) is 0 Å². The Morgan fingerprint density at radius 1 is 1.36 bits per heavy atom. The first-order valence-electron chi connectivity index (χ1n) is 4.55.